The third-order valence-corrected chi connectivity index (χ3v) is 6.91. The van der Waals surface area contributed by atoms with Crippen molar-refractivity contribution in [1.82, 2.24) is 0 Å². The number of amides is 3. The van der Waals surface area contributed by atoms with Crippen LogP contribution in [-0.4, -0.2) is 30.2 Å². The number of carbonyl (C=O) groups excluding carboxylic acids is 4. The molecule has 3 amide bonds. The van der Waals surface area contributed by atoms with Crippen molar-refractivity contribution in [2.45, 2.75) is 33.1 Å². The molecular weight excluding hydrogens is 432 g/mol. The van der Waals surface area contributed by atoms with Gasteiger partial charge in [-0.05, 0) is 68.7 Å². The normalized spacial score (nSPS) is 24.4. The fourth-order valence-electron chi connectivity index (χ4n) is 5.07. The minimum atomic E-state index is -0.562. The van der Waals surface area contributed by atoms with Gasteiger partial charge in [-0.1, -0.05) is 23.8 Å². The van der Waals surface area contributed by atoms with Crippen LogP contribution in [0.4, 0.5) is 11.4 Å². The summed E-state index contributed by atoms with van der Waals surface area (Å²) in [5, 5.41) is 0. The Balaban J connectivity index is 1.24. The molecule has 2 aliphatic heterocycles. The molecule has 2 aromatic rings. The summed E-state index contributed by atoms with van der Waals surface area (Å²) in [6, 6.07) is 14.0. The lowest BCUT2D eigenvalue weighted by Gasteiger charge is -2.18. The summed E-state index contributed by atoms with van der Waals surface area (Å²) in [4.78, 5) is 53.8. The van der Waals surface area contributed by atoms with E-state index in [0.29, 0.717) is 24.3 Å². The Hall–Kier alpha value is -3.74. The van der Waals surface area contributed by atoms with Crippen molar-refractivity contribution in [3.63, 3.8) is 0 Å². The molecule has 2 fully saturated rings. The van der Waals surface area contributed by atoms with Crippen molar-refractivity contribution >= 4 is 35.1 Å². The van der Waals surface area contributed by atoms with E-state index in [1.807, 2.05) is 44.2 Å². The number of allylic oxidation sites excluding steroid dienone is 2. The van der Waals surface area contributed by atoms with Crippen molar-refractivity contribution in [3.8, 4) is 5.75 Å². The molecule has 7 heteroatoms. The molecule has 2 saturated heterocycles. The molecule has 7 nitrogen and oxygen atoms in total. The van der Waals surface area contributed by atoms with Gasteiger partial charge in [0, 0.05) is 18.7 Å². The van der Waals surface area contributed by atoms with Crippen molar-refractivity contribution in [3.05, 3.63) is 65.7 Å². The second kappa shape index (κ2) is 8.56. The number of hydrogen-bond acceptors (Lipinski definition) is 5. The first-order valence-electron chi connectivity index (χ1n) is 11.5. The number of imide groups is 1. The molecule has 5 rings (SSSR count). The zero-order valence-corrected chi connectivity index (χ0v) is 19.2. The van der Waals surface area contributed by atoms with Gasteiger partial charge >= 0.3 is 5.97 Å². The van der Waals surface area contributed by atoms with Gasteiger partial charge in [-0.3, -0.25) is 24.1 Å². The van der Waals surface area contributed by atoms with Gasteiger partial charge in [-0.2, -0.15) is 0 Å². The highest BCUT2D eigenvalue weighted by Crippen LogP contribution is 2.40. The summed E-state index contributed by atoms with van der Waals surface area (Å²) in [6.45, 7) is 4.21. The predicted molar refractivity (Wildman–Crippen MR) is 126 cm³/mol. The van der Waals surface area contributed by atoms with Crippen LogP contribution < -0.4 is 14.5 Å². The molecule has 0 aromatic heterocycles. The number of ether oxygens (including phenoxy) is 1. The Morgan fingerprint density at radius 1 is 0.912 bits per heavy atom. The summed E-state index contributed by atoms with van der Waals surface area (Å²) < 4.78 is 5.52. The monoisotopic (exact) mass is 458 g/mol. The molecule has 1 aliphatic carbocycles. The summed E-state index contributed by atoms with van der Waals surface area (Å²) in [6.07, 6.45) is 3.33. The van der Waals surface area contributed by atoms with Gasteiger partial charge in [0.15, 0.2) is 0 Å². The summed E-state index contributed by atoms with van der Waals surface area (Å²) in [5.41, 5.74) is 3.42. The van der Waals surface area contributed by atoms with Crippen LogP contribution in [0.25, 0.3) is 0 Å². The highest BCUT2D eigenvalue weighted by molar-refractivity contribution is 6.22. The topological polar surface area (TPSA) is 84.0 Å². The Kier molecular flexibility index (Phi) is 5.55. The Labute approximate surface area is 198 Å². The second-order valence-electron chi connectivity index (χ2n) is 9.37. The first-order valence-corrected chi connectivity index (χ1v) is 11.5. The molecule has 0 N–H and O–H groups in total. The van der Waals surface area contributed by atoms with Crippen LogP contribution in [-0.2, 0) is 19.2 Å². The molecule has 0 unspecified atom stereocenters. The zero-order chi connectivity index (χ0) is 24.0. The maximum absolute atomic E-state index is 12.9. The number of carbonyl (C=O) groups is 4. The standard InChI is InChI=1S/C27H26N2O5/c1-16-4-3-5-20(12-16)28-15-18(14-24(28)30)27(33)34-21-9-7-19(8-10-21)29-25(31)22-11-6-17(2)13-23(22)26(29)32/h3-10,12,18,22-23H,11,13-15H2,1-2H3/t18-,22-,23-/m0/s1. The summed E-state index contributed by atoms with van der Waals surface area (Å²) >= 11 is 0. The number of fused-ring (bicyclic) bond motifs is 1. The quantitative estimate of drug-likeness (QED) is 0.301. The second-order valence-corrected chi connectivity index (χ2v) is 9.37. The van der Waals surface area contributed by atoms with Gasteiger partial charge in [-0.25, -0.2) is 0 Å². The van der Waals surface area contributed by atoms with E-state index in [1.165, 1.54) is 4.90 Å². The van der Waals surface area contributed by atoms with Crippen LogP contribution in [0.3, 0.4) is 0 Å². The number of aryl methyl sites for hydroxylation is 1. The molecule has 34 heavy (non-hydrogen) atoms. The van der Waals surface area contributed by atoms with E-state index >= 15 is 0 Å². The Morgan fingerprint density at radius 2 is 1.65 bits per heavy atom. The first kappa shape index (κ1) is 22.1. The highest BCUT2D eigenvalue weighted by atomic mass is 16.5. The van der Waals surface area contributed by atoms with Gasteiger partial charge in [0.05, 0.1) is 23.4 Å². The molecule has 0 saturated carbocycles. The summed E-state index contributed by atoms with van der Waals surface area (Å²) in [5.74, 6) is -1.79. The average Bonchev–Trinajstić information content (AvgIpc) is 3.32. The van der Waals surface area contributed by atoms with Gasteiger partial charge in [0.25, 0.3) is 0 Å². The van der Waals surface area contributed by atoms with Crippen LogP contribution in [0.5, 0.6) is 5.75 Å². The third-order valence-electron chi connectivity index (χ3n) is 6.91. The van der Waals surface area contributed by atoms with Crippen LogP contribution in [0.1, 0.15) is 31.7 Å². The van der Waals surface area contributed by atoms with Crippen LogP contribution >= 0.6 is 0 Å². The van der Waals surface area contributed by atoms with E-state index < -0.39 is 11.9 Å². The largest absolute Gasteiger partial charge is 0.426 e. The smallest absolute Gasteiger partial charge is 0.316 e. The van der Waals surface area contributed by atoms with E-state index in [4.69, 9.17) is 4.74 Å². The van der Waals surface area contributed by atoms with E-state index in [0.717, 1.165) is 16.8 Å². The van der Waals surface area contributed by atoms with E-state index in [2.05, 4.69) is 0 Å². The lowest BCUT2D eigenvalue weighted by Crippen LogP contribution is -2.30. The van der Waals surface area contributed by atoms with Crippen molar-refractivity contribution in [2.75, 3.05) is 16.3 Å². The summed E-state index contributed by atoms with van der Waals surface area (Å²) in [7, 11) is 0. The molecule has 3 atom stereocenters. The molecule has 3 aliphatic rings. The molecule has 2 aromatic carbocycles. The zero-order valence-electron chi connectivity index (χ0n) is 19.2. The van der Waals surface area contributed by atoms with Crippen LogP contribution in [0.15, 0.2) is 60.2 Å². The number of esters is 1. The SMILES string of the molecule is CC1=CC[C@@H]2C(=O)N(c3ccc(OC(=O)[C@H]4CC(=O)N(c5cccc(C)c5)C4)cc3)C(=O)[C@H]2C1. The lowest BCUT2D eigenvalue weighted by atomic mass is 9.82. The Morgan fingerprint density at radius 3 is 2.38 bits per heavy atom. The molecule has 0 bridgehead atoms. The number of benzene rings is 2. The average molecular weight is 459 g/mol. The first-order chi connectivity index (χ1) is 16.3. The maximum atomic E-state index is 12.9. The van der Waals surface area contributed by atoms with E-state index in [1.54, 1.807) is 29.2 Å². The number of rotatable bonds is 4. The van der Waals surface area contributed by atoms with Gasteiger partial charge in [0.1, 0.15) is 5.75 Å². The van der Waals surface area contributed by atoms with Gasteiger partial charge in [-0.15, -0.1) is 0 Å². The van der Waals surface area contributed by atoms with Crippen LogP contribution in [0.2, 0.25) is 0 Å². The van der Waals surface area contributed by atoms with E-state index in [9.17, 15) is 19.2 Å². The molecular formula is C27H26N2O5. The van der Waals surface area contributed by atoms with Gasteiger partial charge < -0.3 is 9.64 Å². The van der Waals surface area contributed by atoms with Crippen LogP contribution in [0, 0.1) is 24.7 Å². The molecule has 0 spiro atoms. The minimum Gasteiger partial charge on any atom is -0.426 e. The maximum Gasteiger partial charge on any atom is 0.316 e. The van der Waals surface area contributed by atoms with Crippen molar-refractivity contribution in [1.29, 1.82) is 0 Å². The third kappa shape index (κ3) is 3.91. The molecule has 0 radical (unpaired) electrons. The molecule has 174 valence electrons. The Bertz CT molecular complexity index is 1220. The fraction of sp³-hybridized carbons (Fsp3) is 0.333. The van der Waals surface area contributed by atoms with Gasteiger partial charge in [0.2, 0.25) is 17.7 Å². The van der Waals surface area contributed by atoms with Crippen molar-refractivity contribution < 1.29 is 23.9 Å². The number of anilines is 2. The minimum absolute atomic E-state index is 0.0951. The lowest BCUT2D eigenvalue weighted by molar-refractivity contribution is -0.139. The molecule has 2 heterocycles. The predicted octanol–water partition coefficient (Wildman–Crippen LogP) is 3.80. The number of nitrogens with zero attached hydrogens (tertiary/aromatic N) is 2. The van der Waals surface area contributed by atoms with Crippen molar-refractivity contribution in [2.24, 2.45) is 17.8 Å². The van der Waals surface area contributed by atoms with E-state index in [-0.39, 0.29) is 42.5 Å². The fourth-order valence-corrected chi connectivity index (χ4v) is 5.07. The highest BCUT2D eigenvalue weighted by Gasteiger charge is 2.48. The number of hydrogen-bond donors (Lipinski definition) is 0.